The van der Waals surface area contributed by atoms with Gasteiger partial charge in [-0.05, 0) is 32.0 Å². The predicted octanol–water partition coefficient (Wildman–Crippen LogP) is 0.773. The standard InChI is InChI=1S/C14H16N4O5/c19-14(9-1-3-15-4-2-9)17-16-7-10-5-12-13(23-8-22-12)6-11(10)18(20)21/h5-7,9,15H,1-4,8H2,(H,17,19)/b16-7-. The summed E-state index contributed by atoms with van der Waals surface area (Å²) in [7, 11) is 0. The number of ether oxygens (including phenoxy) is 2. The van der Waals surface area contributed by atoms with E-state index in [0.717, 1.165) is 25.9 Å². The summed E-state index contributed by atoms with van der Waals surface area (Å²) in [6.45, 7) is 1.63. The van der Waals surface area contributed by atoms with E-state index in [1.807, 2.05) is 0 Å². The molecule has 23 heavy (non-hydrogen) atoms. The van der Waals surface area contributed by atoms with Crippen LogP contribution < -0.4 is 20.2 Å². The first-order chi connectivity index (χ1) is 11.1. The van der Waals surface area contributed by atoms with Crippen molar-refractivity contribution in [3.05, 3.63) is 27.8 Å². The third-order valence-corrected chi connectivity index (χ3v) is 3.81. The van der Waals surface area contributed by atoms with Gasteiger partial charge >= 0.3 is 0 Å². The molecular weight excluding hydrogens is 304 g/mol. The second-order valence-corrected chi connectivity index (χ2v) is 5.28. The van der Waals surface area contributed by atoms with Gasteiger partial charge in [-0.1, -0.05) is 0 Å². The molecule has 2 heterocycles. The summed E-state index contributed by atoms with van der Waals surface area (Å²) >= 11 is 0. The molecule has 9 nitrogen and oxygen atoms in total. The van der Waals surface area contributed by atoms with Crippen LogP contribution >= 0.6 is 0 Å². The van der Waals surface area contributed by atoms with Crippen LogP contribution in [0.1, 0.15) is 18.4 Å². The van der Waals surface area contributed by atoms with E-state index in [1.54, 1.807) is 0 Å². The van der Waals surface area contributed by atoms with Crippen LogP contribution in [0.3, 0.4) is 0 Å². The number of rotatable bonds is 4. The van der Waals surface area contributed by atoms with Crippen molar-refractivity contribution in [1.82, 2.24) is 10.7 Å². The molecule has 122 valence electrons. The van der Waals surface area contributed by atoms with E-state index in [9.17, 15) is 14.9 Å². The lowest BCUT2D eigenvalue weighted by Crippen LogP contribution is -2.36. The van der Waals surface area contributed by atoms with E-state index in [-0.39, 0.29) is 29.9 Å². The van der Waals surface area contributed by atoms with Gasteiger partial charge in [-0.3, -0.25) is 14.9 Å². The highest BCUT2D eigenvalue weighted by molar-refractivity contribution is 5.88. The van der Waals surface area contributed by atoms with E-state index in [0.29, 0.717) is 11.5 Å². The second-order valence-electron chi connectivity index (χ2n) is 5.28. The maximum Gasteiger partial charge on any atom is 0.282 e. The van der Waals surface area contributed by atoms with Gasteiger partial charge in [0.15, 0.2) is 11.5 Å². The molecule has 0 radical (unpaired) electrons. The van der Waals surface area contributed by atoms with E-state index >= 15 is 0 Å². The number of piperidine rings is 1. The number of nitro groups is 1. The van der Waals surface area contributed by atoms with Crippen LogP contribution in [0, 0.1) is 16.0 Å². The molecule has 0 aromatic heterocycles. The normalized spacial score (nSPS) is 17.4. The van der Waals surface area contributed by atoms with E-state index in [4.69, 9.17) is 9.47 Å². The van der Waals surface area contributed by atoms with Crippen molar-refractivity contribution in [2.75, 3.05) is 19.9 Å². The number of hydrogen-bond donors (Lipinski definition) is 2. The quantitative estimate of drug-likeness (QED) is 0.481. The highest BCUT2D eigenvalue weighted by atomic mass is 16.7. The van der Waals surface area contributed by atoms with Gasteiger partial charge in [0.05, 0.1) is 22.8 Å². The fourth-order valence-electron chi connectivity index (χ4n) is 2.55. The topological polar surface area (TPSA) is 115 Å². The van der Waals surface area contributed by atoms with Crippen LogP contribution in [0.15, 0.2) is 17.2 Å². The Labute approximate surface area is 131 Å². The Kier molecular flexibility index (Phi) is 4.38. The van der Waals surface area contributed by atoms with Gasteiger partial charge in [0.2, 0.25) is 12.7 Å². The lowest BCUT2D eigenvalue weighted by Gasteiger charge is -2.20. The molecule has 3 rings (SSSR count). The summed E-state index contributed by atoms with van der Waals surface area (Å²) in [6, 6.07) is 2.76. The van der Waals surface area contributed by atoms with Crippen molar-refractivity contribution in [2.45, 2.75) is 12.8 Å². The van der Waals surface area contributed by atoms with Gasteiger partial charge in [0, 0.05) is 5.92 Å². The largest absolute Gasteiger partial charge is 0.454 e. The minimum Gasteiger partial charge on any atom is -0.454 e. The molecule has 2 N–H and O–H groups in total. The lowest BCUT2D eigenvalue weighted by molar-refractivity contribution is -0.385. The molecule has 1 aromatic rings. The fourth-order valence-corrected chi connectivity index (χ4v) is 2.55. The molecule has 1 aromatic carbocycles. The Morgan fingerprint density at radius 2 is 2.04 bits per heavy atom. The van der Waals surface area contributed by atoms with Gasteiger partial charge in [-0.25, -0.2) is 5.43 Å². The molecule has 0 aliphatic carbocycles. The number of hydrogen-bond acceptors (Lipinski definition) is 7. The second kappa shape index (κ2) is 6.61. The van der Waals surface area contributed by atoms with Crippen LogP contribution in [0.25, 0.3) is 0 Å². The summed E-state index contributed by atoms with van der Waals surface area (Å²) in [5.41, 5.74) is 2.53. The van der Waals surface area contributed by atoms with Crippen molar-refractivity contribution >= 4 is 17.8 Å². The van der Waals surface area contributed by atoms with Gasteiger partial charge in [0.25, 0.3) is 5.69 Å². The van der Waals surface area contributed by atoms with E-state index < -0.39 is 4.92 Å². The molecule has 1 fully saturated rings. The minimum atomic E-state index is -0.530. The zero-order chi connectivity index (χ0) is 16.2. The molecule has 0 bridgehead atoms. The number of nitrogens with one attached hydrogen (secondary N) is 2. The van der Waals surface area contributed by atoms with E-state index in [2.05, 4.69) is 15.8 Å². The highest BCUT2D eigenvalue weighted by Crippen LogP contribution is 2.37. The number of hydrazone groups is 1. The van der Waals surface area contributed by atoms with Crippen molar-refractivity contribution in [3.8, 4) is 11.5 Å². The maximum absolute atomic E-state index is 12.0. The van der Waals surface area contributed by atoms with E-state index in [1.165, 1.54) is 18.3 Å². The summed E-state index contributed by atoms with van der Waals surface area (Å²) in [6.07, 6.45) is 2.76. The molecule has 2 aliphatic heterocycles. The molecule has 1 saturated heterocycles. The van der Waals surface area contributed by atoms with Crippen molar-refractivity contribution in [3.63, 3.8) is 0 Å². The number of nitrogens with zero attached hydrogens (tertiary/aromatic N) is 2. The summed E-state index contributed by atoms with van der Waals surface area (Å²) in [4.78, 5) is 22.6. The Hall–Kier alpha value is -2.68. The average molecular weight is 320 g/mol. The summed E-state index contributed by atoms with van der Waals surface area (Å²) in [5, 5.41) is 18.1. The van der Waals surface area contributed by atoms with Gasteiger partial charge < -0.3 is 14.8 Å². The molecule has 0 spiro atoms. The first-order valence-electron chi connectivity index (χ1n) is 7.27. The third-order valence-electron chi connectivity index (χ3n) is 3.81. The Morgan fingerprint density at radius 1 is 1.35 bits per heavy atom. The number of nitro benzene ring substituents is 1. The molecule has 0 unspecified atom stereocenters. The molecule has 0 atom stereocenters. The SMILES string of the molecule is O=C(N/N=C\c1cc2c(cc1[N+](=O)[O-])OCO2)C1CCNCC1. The molecule has 0 saturated carbocycles. The number of benzene rings is 1. The van der Waals surface area contributed by atoms with Gasteiger partial charge in [-0.15, -0.1) is 0 Å². The average Bonchev–Trinajstić information content (AvgIpc) is 3.02. The number of fused-ring (bicyclic) bond motifs is 1. The highest BCUT2D eigenvalue weighted by Gasteiger charge is 2.23. The predicted molar refractivity (Wildman–Crippen MR) is 80.5 cm³/mol. The van der Waals surface area contributed by atoms with Gasteiger partial charge in [0.1, 0.15) is 0 Å². The smallest absolute Gasteiger partial charge is 0.282 e. The number of carbonyl (C=O) groups excluding carboxylic acids is 1. The van der Waals surface area contributed by atoms with Crippen LogP contribution in [-0.2, 0) is 4.79 Å². The molecule has 2 aliphatic rings. The van der Waals surface area contributed by atoms with Crippen molar-refractivity contribution < 1.29 is 19.2 Å². The maximum atomic E-state index is 12.0. The molecule has 9 heteroatoms. The summed E-state index contributed by atoms with van der Waals surface area (Å²) in [5.74, 6) is 0.487. The monoisotopic (exact) mass is 320 g/mol. The fraction of sp³-hybridized carbons (Fsp3) is 0.429. The Balaban J connectivity index is 1.71. The van der Waals surface area contributed by atoms with Gasteiger partial charge in [-0.2, -0.15) is 5.10 Å². The third kappa shape index (κ3) is 3.39. The van der Waals surface area contributed by atoms with Crippen LogP contribution in [0.4, 0.5) is 5.69 Å². The zero-order valence-electron chi connectivity index (χ0n) is 12.3. The van der Waals surface area contributed by atoms with Crippen LogP contribution in [0.5, 0.6) is 11.5 Å². The molecule has 1 amide bonds. The molecular formula is C14H16N4O5. The van der Waals surface area contributed by atoms with Crippen LogP contribution in [0.2, 0.25) is 0 Å². The number of carbonyl (C=O) groups is 1. The van der Waals surface area contributed by atoms with Crippen molar-refractivity contribution in [1.29, 1.82) is 0 Å². The first-order valence-corrected chi connectivity index (χ1v) is 7.27. The van der Waals surface area contributed by atoms with Crippen molar-refractivity contribution in [2.24, 2.45) is 11.0 Å². The first kappa shape index (κ1) is 15.2. The lowest BCUT2D eigenvalue weighted by atomic mass is 9.98. The summed E-state index contributed by atoms with van der Waals surface area (Å²) < 4.78 is 10.3. The minimum absolute atomic E-state index is 0.0273. The zero-order valence-corrected chi connectivity index (χ0v) is 12.3. The Morgan fingerprint density at radius 3 is 2.74 bits per heavy atom. The Bertz CT molecular complexity index is 655. The van der Waals surface area contributed by atoms with Crippen LogP contribution in [-0.4, -0.2) is 36.9 Å². The number of amides is 1.